The molecule has 0 radical (unpaired) electrons. The Morgan fingerprint density at radius 3 is 2.86 bits per heavy atom. The summed E-state index contributed by atoms with van der Waals surface area (Å²) in [5.74, 6) is 1.22. The normalized spacial score (nSPS) is 11.1. The highest BCUT2D eigenvalue weighted by atomic mass is 16.5. The third-order valence-electron chi connectivity index (χ3n) is 3.08. The maximum absolute atomic E-state index is 5.82. The van der Waals surface area contributed by atoms with Crippen LogP contribution in [0.1, 0.15) is 37.4 Å². The summed E-state index contributed by atoms with van der Waals surface area (Å²) in [4.78, 5) is 4.11. The first-order valence-electron chi connectivity index (χ1n) is 7.28. The van der Waals surface area contributed by atoms with E-state index in [2.05, 4.69) is 17.0 Å². The van der Waals surface area contributed by atoms with Gasteiger partial charge in [0, 0.05) is 5.56 Å². The van der Waals surface area contributed by atoms with Gasteiger partial charge in [0.1, 0.15) is 5.75 Å². The maximum Gasteiger partial charge on any atom is 0.221 e. The molecule has 21 heavy (non-hydrogen) atoms. The van der Waals surface area contributed by atoms with E-state index in [1.807, 2.05) is 31.2 Å². The second-order valence-corrected chi connectivity index (χ2v) is 4.92. The van der Waals surface area contributed by atoms with Crippen LogP contribution in [0.2, 0.25) is 0 Å². The quantitative estimate of drug-likeness (QED) is 0.627. The first-order chi connectivity index (χ1) is 10.2. The molecule has 0 bridgehead atoms. The number of imidazole rings is 1. The molecule has 0 spiro atoms. The molecule has 0 aliphatic carbocycles. The average molecular weight is 286 g/mol. The van der Waals surface area contributed by atoms with Crippen LogP contribution in [0.15, 0.2) is 35.6 Å². The number of aromatic nitrogens is 2. The molecule has 2 N–H and O–H groups in total. The predicted octanol–water partition coefficient (Wildman–Crippen LogP) is 3.22. The summed E-state index contributed by atoms with van der Waals surface area (Å²) in [6, 6.07) is 7.85. The highest BCUT2D eigenvalue weighted by Crippen LogP contribution is 2.17. The number of nitrogens with zero attached hydrogens (tertiary/aromatic N) is 3. The minimum atomic E-state index is 0.380. The third kappa shape index (κ3) is 4.34. The lowest BCUT2D eigenvalue weighted by atomic mass is 10.2. The number of nitrogen functional groups attached to an aromatic ring is 1. The molecule has 2 aromatic rings. The number of ether oxygens (including phenoxy) is 1. The smallest absolute Gasteiger partial charge is 0.221 e. The van der Waals surface area contributed by atoms with E-state index in [-0.39, 0.29) is 0 Å². The summed E-state index contributed by atoms with van der Waals surface area (Å²) < 4.78 is 7.37. The molecule has 0 unspecified atom stereocenters. The Labute approximate surface area is 125 Å². The van der Waals surface area contributed by atoms with Gasteiger partial charge in [-0.1, -0.05) is 31.9 Å². The number of rotatable bonds is 7. The highest BCUT2D eigenvalue weighted by molar-refractivity contribution is 5.83. The molecule has 1 heterocycles. The summed E-state index contributed by atoms with van der Waals surface area (Å²) in [5, 5.41) is 4.33. The van der Waals surface area contributed by atoms with Crippen molar-refractivity contribution in [2.24, 2.45) is 5.10 Å². The zero-order valence-electron chi connectivity index (χ0n) is 12.6. The molecule has 0 amide bonds. The van der Waals surface area contributed by atoms with Gasteiger partial charge in [0.2, 0.25) is 5.95 Å². The van der Waals surface area contributed by atoms with Crippen molar-refractivity contribution in [3.05, 3.63) is 41.7 Å². The SMILES string of the molecule is CCCCCOc1ccccc1C=Nn1cc(C)nc1N. The van der Waals surface area contributed by atoms with Crippen LogP contribution in [-0.2, 0) is 0 Å². The average Bonchev–Trinajstić information content (AvgIpc) is 2.80. The standard InChI is InChI=1S/C16H22N4O/c1-3-4-7-10-21-15-9-6-5-8-14(15)11-18-20-12-13(2)19-16(20)17/h5-6,8-9,11-12H,3-4,7,10H2,1-2H3,(H2,17,19). The molecule has 0 saturated heterocycles. The molecule has 1 aromatic carbocycles. The van der Waals surface area contributed by atoms with Crippen LogP contribution >= 0.6 is 0 Å². The van der Waals surface area contributed by atoms with Crippen molar-refractivity contribution >= 4 is 12.2 Å². The molecule has 5 nitrogen and oxygen atoms in total. The number of nitrogens with two attached hydrogens (primary N) is 1. The number of benzene rings is 1. The van der Waals surface area contributed by atoms with Gasteiger partial charge < -0.3 is 10.5 Å². The van der Waals surface area contributed by atoms with Gasteiger partial charge in [0.15, 0.2) is 0 Å². The van der Waals surface area contributed by atoms with Crippen LogP contribution in [0.5, 0.6) is 5.75 Å². The fourth-order valence-electron chi connectivity index (χ4n) is 1.97. The van der Waals surface area contributed by atoms with Crippen LogP contribution < -0.4 is 10.5 Å². The summed E-state index contributed by atoms with van der Waals surface area (Å²) in [6.45, 7) is 4.79. The number of anilines is 1. The lowest BCUT2D eigenvalue weighted by Crippen LogP contribution is -2.01. The number of hydrogen-bond donors (Lipinski definition) is 1. The third-order valence-corrected chi connectivity index (χ3v) is 3.08. The van der Waals surface area contributed by atoms with E-state index in [4.69, 9.17) is 10.5 Å². The zero-order valence-corrected chi connectivity index (χ0v) is 12.6. The summed E-state index contributed by atoms with van der Waals surface area (Å²) in [5.41, 5.74) is 7.54. The Kier molecular flexibility index (Phi) is 5.37. The Bertz CT molecular complexity index is 604. The molecular formula is C16H22N4O. The largest absolute Gasteiger partial charge is 0.493 e. The fraction of sp³-hybridized carbons (Fsp3) is 0.375. The van der Waals surface area contributed by atoms with Gasteiger partial charge in [-0.2, -0.15) is 5.10 Å². The van der Waals surface area contributed by atoms with Gasteiger partial charge in [-0.25, -0.2) is 9.66 Å². The van der Waals surface area contributed by atoms with Crippen molar-refractivity contribution < 1.29 is 4.74 Å². The molecule has 112 valence electrons. The van der Waals surface area contributed by atoms with Crippen molar-refractivity contribution in [1.29, 1.82) is 0 Å². The number of para-hydroxylation sites is 1. The molecule has 0 saturated carbocycles. The van der Waals surface area contributed by atoms with Crippen molar-refractivity contribution in [3.8, 4) is 5.75 Å². The summed E-state index contributed by atoms with van der Waals surface area (Å²) in [7, 11) is 0. The van der Waals surface area contributed by atoms with Gasteiger partial charge in [0.25, 0.3) is 0 Å². The van der Waals surface area contributed by atoms with E-state index in [9.17, 15) is 0 Å². The van der Waals surface area contributed by atoms with E-state index in [0.29, 0.717) is 5.95 Å². The second-order valence-electron chi connectivity index (χ2n) is 4.92. The van der Waals surface area contributed by atoms with E-state index in [1.165, 1.54) is 12.8 Å². The summed E-state index contributed by atoms with van der Waals surface area (Å²) in [6.07, 6.45) is 6.96. The predicted molar refractivity (Wildman–Crippen MR) is 85.8 cm³/mol. The Balaban J connectivity index is 2.07. The van der Waals surface area contributed by atoms with Crippen LogP contribution in [0, 0.1) is 6.92 Å². The van der Waals surface area contributed by atoms with Crippen LogP contribution in [0.4, 0.5) is 5.95 Å². The zero-order chi connectivity index (χ0) is 15.1. The molecule has 0 aliphatic rings. The van der Waals surface area contributed by atoms with Gasteiger partial charge in [-0.05, 0) is 25.5 Å². The van der Waals surface area contributed by atoms with Gasteiger partial charge in [-0.3, -0.25) is 0 Å². The first kappa shape index (κ1) is 15.1. The topological polar surface area (TPSA) is 65.4 Å². The Morgan fingerprint density at radius 2 is 2.14 bits per heavy atom. The lowest BCUT2D eigenvalue weighted by molar-refractivity contribution is 0.306. The van der Waals surface area contributed by atoms with Gasteiger partial charge in [0.05, 0.1) is 24.7 Å². The molecule has 0 aliphatic heterocycles. The van der Waals surface area contributed by atoms with Crippen LogP contribution in [0.25, 0.3) is 0 Å². The van der Waals surface area contributed by atoms with Gasteiger partial charge >= 0.3 is 0 Å². The molecular weight excluding hydrogens is 264 g/mol. The minimum absolute atomic E-state index is 0.380. The summed E-state index contributed by atoms with van der Waals surface area (Å²) >= 11 is 0. The lowest BCUT2D eigenvalue weighted by Gasteiger charge is -2.08. The van der Waals surface area contributed by atoms with Crippen molar-refractivity contribution in [2.45, 2.75) is 33.1 Å². The van der Waals surface area contributed by atoms with E-state index in [1.54, 1.807) is 17.1 Å². The number of hydrogen-bond acceptors (Lipinski definition) is 4. The number of unbranched alkanes of at least 4 members (excludes halogenated alkanes) is 2. The maximum atomic E-state index is 5.82. The Morgan fingerprint density at radius 1 is 1.33 bits per heavy atom. The monoisotopic (exact) mass is 286 g/mol. The fourth-order valence-corrected chi connectivity index (χ4v) is 1.97. The van der Waals surface area contributed by atoms with E-state index < -0.39 is 0 Å². The highest BCUT2D eigenvalue weighted by Gasteiger charge is 2.02. The van der Waals surface area contributed by atoms with E-state index in [0.717, 1.165) is 30.0 Å². The minimum Gasteiger partial charge on any atom is -0.493 e. The molecule has 5 heteroatoms. The van der Waals surface area contributed by atoms with Crippen LogP contribution in [-0.4, -0.2) is 22.5 Å². The molecule has 0 fully saturated rings. The molecule has 1 aromatic heterocycles. The molecule has 0 atom stereocenters. The van der Waals surface area contributed by atoms with Gasteiger partial charge in [-0.15, -0.1) is 0 Å². The molecule has 2 rings (SSSR count). The second kappa shape index (κ2) is 7.47. The Hall–Kier alpha value is -2.30. The van der Waals surface area contributed by atoms with Crippen LogP contribution in [0.3, 0.4) is 0 Å². The first-order valence-corrected chi connectivity index (χ1v) is 7.28. The van der Waals surface area contributed by atoms with Crippen molar-refractivity contribution in [3.63, 3.8) is 0 Å². The number of aryl methyl sites for hydroxylation is 1. The van der Waals surface area contributed by atoms with Crippen molar-refractivity contribution in [2.75, 3.05) is 12.3 Å². The van der Waals surface area contributed by atoms with Crippen molar-refractivity contribution in [1.82, 2.24) is 9.66 Å². The van der Waals surface area contributed by atoms with E-state index >= 15 is 0 Å².